The van der Waals surface area contributed by atoms with E-state index in [-0.39, 0.29) is 5.97 Å². The van der Waals surface area contributed by atoms with Gasteiger partial charge < -0.3 is 14.2 Å². The van der Waals surface area contributed by atoms with Crippen molar-refractivity contribution in [3.8, 4) is 0 Å². The number of esters is 2. The third-order valence-corrected chi connectivity index (χ3v) is 1.68. The van der Waals surface area contributed by atoms with Crippen LogP contribution in [0.25, 0.3) is 0 Å². The van der Waals surface area contributed by atoms with E-state index >= 15 is 0 Å². The molecule has 0 spiro atoms. The van der Waals surface area contributed by atoms with Gasteiger partial charge in [-0.1, -0.05) is 6.08 Å². The number of ether oxygens (including phenoxy) is 3. The Bertz CT molecular complexity index is 281. The van der Waals surface area contributed by atoms with E-state index in [9.17, 15) is 9.59 Å². The molecule has 0 heterocycles. The van der Waals surface area contributed by atoms with Crippen molar-refractivity contribution >= 4 is 11.9 Å². The SMILES string of the molecule is CCOC(=O)/C=C/CCCO/C=C/C(=O)OC. The first kappa shape index (κ1) is 15.2. The third-order valence-electron chi connectivity index (χ3n) is 1.68. The lowest BCUT2D eigenvalue weighted by molar-refractivity contribution is -0.137. The predicted octanol–water partition coefficient (Wildman–Crippen LogP) is 1.59. The van der Waals surface area contributed by atoms with E-state index in [4.69, 9.17) is 9.47 Å². The molecule has 0 aromatic carbocycles. The minimum atomic E-state index is -0.452. The van der Waals surface area contributed by atoms with Crippen molar-refractivity contribution in [1.82, 2.24) is 0 Å². The van der Waals surface area contributed by atoms with Crippen LogP contribution in [0, 0.1) is 0 Å². The van der Waals surface area contributed by atoms with Gasteiger partial charge in [0.05, 0.1) is 32.7 Å². The molecule has 0 amide bonds. The zero-order valence-corrected chi connectivity index (χ0v) is 10.2. The predicted molar refractivity (Wildman–Crippen MR) is 62.1 cm³/mol. The van der Waals surface area contributed by atoms with Gasteiger partial charge in [0, 0.05) is 6.08 Å². The van der Waals surface area contributed by atoms with Crippen LogP contribution in [0.3, 0.4) is 0 Å². The van der Waals surface area contributed by atoms with Crippen molar-refractivity contribution in [2.24, 2.45) is 0 Å². The monoisotopic (exact) mass is 242 g/mol. The molecule has 0 N–H and O–H groups in total. The summed E-state index contributed by atoms with van der Waals surface area (Å²) in [6.07, 6.45) is 7.08. The largest absolute Gasteiger partial charge is 0.501 e. The zero-order valence-electron chi connectivity index (χ0n) is 10.2. The summed E-state index contributed by atoms with van der Waals surface area (Å²) in [6.45, 7) is 2.61. The van der Waals surface area contributed by atoms with Gasteiger partial charge in [0.15, 0.2) is 0 Å². The second-order valence-electron chi connectivity index (χ2n) is 2.99. The number of methoxy groups -OCH3 is 1. The van der Waals surface area contributed by atoms with Crippen LogP contribution in [0.4, 0.5) is 0 Å². The molecule has 0 aliphatic carbocycles. The van der Waals surface area contributed by atoms with Gasteiger partial charge in [-0.05, 0) is 19.8 Å². The molecule has 0 rings (SSSR count). The molecule has 0 bridgehead atoms. The summed E-state index contributed by atoms with van der Waals surface area (Å²) in [5, 5.41) is 0. The van der Waals surface area contributed by atoms with Gasteiger partial charge >= 0.3 is 11.9 Å². The standard InChI is InChI=1S/C12H18O5/c1-3-17-12(14)7-5-4-6-9-16-10-8-11(13)15-2/h5,7-8,10H,3-4,6,9H2,1-2H3/b7-5+,10-8+. The molecule has 0 saturated carbocycles. The Balaban J connectivity index is 3.43. The lowest BCUT2D eigenvalue weighted by Crippen LogP contribution is -1.98. The molecule has 5 heteroatoms. The fourth-order valence-corrected chi connectivity index (χ4v) is 0.894. The highest BCUT2D eigenvalue weighted by molar-refractivity contribution is 5.81. The van der Waals surface area contributed by atoms with Crippen LogP contribution in [0.5, 0.6) is 0 Å². The Morgan fingerprint density at radius 2 is 1.94 bits per heavy atom. The van der Waals surface area contributed by atoms with Gasteiger partial charge in [-0.25, -0.2) is 9.59 Å². The number of carbonyl (C=O) groups excluding carboxylic acids is 2. The molecule has 0 aliphatic heterocycles. The number of rotatable bonds is 8. The number of carbonyl (C=O) groups is 2. The highest BCUT2D eigenvalue weighted by atomic mass is 16.5. The Morgan fingerprint density at radius 3 is 2.59 bits per heavy atom. The number of hydrogen-bond donors (Lipinski definition) is 0. The second kappa shape index (κ2) is 10.7. The Labute approximate surface area is 101 Å². The first-order valence-electron chi connectivity index (χ1n) is 5.40. The van der Waals surface area contributed by atoms with Gasteiger partial charge in [0.2, 0.25) is 0 Å². The minimum Gasteiger partial charge on any atom is -0.501 e. The number of hydrogen-bond acceptors (Lipinski definition) is 5. The topological polar surface area (TPSA) is 61.8 Å². The first-order chi connectivity index (χ1) is 8.20. The fraction of sp³-hybridized carbons (Fsp3) is 0.500. The van der Waals surface area contributed by atoms with Crippen LogP contribution >= 0.6 is 0 Å². The van der Waals surface area contributed by atoms with Crippen molar-refractivity contribution < 1.29 is 23.8 Å². The molecule has 0 aliphatic rings. The Morgan fingerprint density at radius 1 is 1.18 bits per heavy atom. The van der Waals surface area contributed by atoms with Crippen LogP contribution in [0.2, 0.25) is 0 Å². The van der Waals surface area contributed by atoms with Crippen LogP contribution in [0.1, 0.15) is 19.8 Å². The van der Waals surface area contributed by atoms with Gasteiger partial charge in [-0.15, -0.1) is 0 Å². The summed E-state index contributed by atoms with van der Waals surface area (Å²) < 4.78 is 14.1. The van der Waals surface area contributed by atoms with Gasteiger partial charge in [-0.3, -0.25) is 0 Å². The van der Waals surface area contributed by atoms with Crippen molar-refractivity contribution in [3.63, 3.8) is 0 Å². The van der Waals surface area contributed by atoms with Crippen LogP contribution in [-0.2, 0) is 23.8 Å². The smallest absolute Gasteiger partial charge is 0.333 e. The van der Waals surface area contributed by atoms with Crippen LogP contribution < -0.4 is 0 Å². The summed E-state index contributed by atoms with van der Waals surface area (Å²) in [6, 6.07) is 0. The maximum absolute atomic E-state index is 10.9. The first-order valence-corrected chi connectivity index (χ1v) is 5.40. The van der Waals surface area contributed by atoms with Gasteiger partial charge in [0.1, 0.15) is 0 Å². The molecule has 0 aromatic heterocycles. The van der Waals surface area contributed by atoms with E-state index < -0.39 is 5.97 Å². The molecular formula is C12H18O5. The molecule has 0 fully saturated rings. The highest BCUT2D eigenvalue weighted by Gasteiger charge is 1.92. The van der Waals surface area contributed by atoms with Crippen molar-refractivity contribution in [2.45, 2.75) is 19.8 Å². The lowest BCUT2D eigenvalue weighted by atomic mass is 10.3. The normalized spacial score (nSPS) is 10.7. The van der Waals surface area contributed by atoms with E-state index in [0.29, 0.717) is 19.6 Å². The lowest BCUT2D eigenvalue weighted by Gasteiger charge is -1.98. The maximum atomic E-state index is 10.9. The summed E-state index contributed by atoms with van der Waals surface area (Å²) in [7, 11) is 1.30. The molecule has 0 saturated heterocycles. The van der Waals surface area contributed by atoms with Crippen LogP contribution in [0.15, 0.2) is 24.5 Å². The molecule has 17 heavy (non-hydrogen) atoms. The average molecular weight is 242 g/mol. The molecule has 96 valence electrons. The maximum Gasteiger partial charge on any atom is 0.333 e. The number of unbranched alkanes of at least 4 members (excludes halogenated alkanes) is 1. The molecule has 5 nitrogen and oxygen atoms in total. The van der Waals surface area contributed by atoms with Crippen LogP contribution in [-0.4, -0.2) is 32.3 Å². The van der Waals surface area contributed by atoms with E-state index in [1.807, 2.05) is 0 Å². The Kier molecular flexibility index (Phi) is 9.61. The fourth-order valence-electron chi connectivity index (χ4n) is 0.894. The van der Waals surface area contributed by atoms with Crippen molar-refractivity contribution in [3.05, 3.63) is 24.5 Å². The van der Waals surface area contributed by atoms with E-state index in [0.717, 1.165) is 6.42 Å². The average Bonchev–Trinajstić information content (AvgIpc) is 2.32. The third kappa shape index (κ3) is 10.5. The van der Waals surface area contributed by atoms with E-state index in [1.165, 1.54) is 25.5 Å². The second-order valence-corrected chi connectivity index (χ2v) is 2.99. The zero-order chi connectivity index (χ0) is 12.9. The molecule has 0 atom stereocenters. The highest BCUT2D eigenvalue weighted by Crippen LogP contribution is 1.94. The number of allylic oxidation sites excluding steroid dienone is 1. The molecular weight excluding hydrogens is 224 g/mol. The van der Waals surface area contributed by atoms with E-state index in [1.54, 1.807) is 13.0 Å². The molecule has 0 unspecified atom stereocenters. The minimum absolute atomic E-state index is 0.334. The summed E-state index contributed by atoms with van der Waals surface area (Å²) in [4.78, 5) is 21.5. The van der Waals surface area contributed by atoms with E-state index in [2.05, 4.69) is 4.74 Å². The Hall–Kier alpha value is -1.78. The summed E-state index contributed by atoms with van der Waals surface area (Å²) >= 11 is 0. The quantitative estimate of drug-likeness (QED) is 0.280. The molecule has 0 radical (unpaired) electrons. The summed E-state index contributed by atoms with van der Waals surface area (Å²) in [5.74, 6) is -0.786. The molecule has 0 aromatic rings. The summed E-state index contributed by atoms with van der Waals surface area (Å²) in [5.41, 5.74) is 0. The van der Waals surface area contributed by atoms with Crippen molar-refractivity contribution in [2.75, 3.05) is 20.3 Å². The van der Waals surface area contributed by atoms with Gasteiger partial charge in [0.25, 0.3) is 0 Å². The van der Waals surface area contributed by atoms with Crippen molar-refractivity contribution in [1.29, 1.82) is 0 Å². The van der Waals surface area contributed by atoms with Gasteiger partial charge in [-0.2, -0.15) is 0 Å².